The van der Waals surface area contributed by atoms with Gasteiger partial charge in [0.1, 0.15) is 11.6 Å². The highest BCUT2D eigenvalue weighted by Crippen LogP contribution is 2.38. The average molecular weight is 809 g/mol. The lowest BCUT2D eigenvalue weighted by Crippen LogP contribution is -1.93. The fraction of sp³-hybridized carbons (Fsp3) is 0.0172. The minimum atomic E-state index is 0.803. The summed E-state index contributed by atoms with van der Waals surface area (Å²) in [4.78, 5) is 8.93. The molecule has 3 aromatic heterocycles. The Bertz CT molecular complexity index is 3290. The van der Waals surface area contributed by atoms with Crippen molar-refractivity contribution in [3.63, 3.8) is 0 Å². The van der Waals surface area contributed by atoms with Gasteiger partial charge < -0.3 is 18.9 Å². The summed E-state index contributed by atoms with van der Waals surface area (Å²) in [6.45, 7) is 0. The summed E-state index contributed by atoms with van der Waals surface area (Å²) < 4.78 is 10.2. The van der Waals surface area contributed by atoms with Crippen LogP contribution in [0.4, 0.5) is 0 Å². The zero-order valence-electron chi connectivity index (χ0n) is 34.5. The third-order valence-corrected chi connectivity index (χ3v) is 12.5. The van der Waals surface area contributed by atoms with E-state index >= 15 is 0 Å². The van der Waals surface area contributed by atoms with E-state index in [1.807, 2.05) is 24.3 Å². The van der Waals surface area contributed by atoms with Crippen LogP contribution in [0.25, 0.3) is 111 Å². The first-order chi connectivity index (χ1) is 31.2. The van der Waals surface area contributed by atoms with Gasteiger partial charge in [0.05, 0.1) is 40.6 Å². The molecule has 0 bridgehead atoms. The third kappa shape index (κ3) is 6.21. The highest BCUT2D eigenvalue weighted by molar-refractivity contribution is 6.10. The van der Waals surface area contributed by atoms with E-state index in [0.29, 0.717) is 0 Å². The van der Waals surface area contributed by atoms with Crippen molar-refractivity contribution < 1.29 is 4.74 Å². The highest BCUT2D eigenvalue weighted by Gasteiger charge is 2.18. The molecule has 5 heteroatoms. The van der Waals surface area contributed by atoms with Gasteiger partial charge in [0.15, 0.2) is 0 Å². The average Bonchev–Trinajstić information content (AvgIpc) is 4.06. The van der Waals surface area contributed by atoms with Crippen molar-refractivity contribution in [3.8, 4) is 73.3 Å². The van der Waals surface area contributed by atoms with E-state index in [1.165, 1.54) is 43.6 Å². The van der Waals surface area contributed by atoms with E-state index in [-0.39, 0.29) is 0 Å². The van der Waals surface area contributed by atoms with Crippen LogP contribution in [0.1, 0.15) is 0 Å². The topological polar surface area (TPSA) is 47.8 Å². The first-order valence-corrected chi connectivity index (χ1v) is 21.3. The standard InChI is InChI=1S/C58H40N4O/c1-63-47-36-30-44(31-37-47)58-59-56(42-22-18-38(19-23-42)40-26-32-45(33-27-40)61-52-14-6-2-10-48(52)49-11-3-7-15-53(49)61)57(60-58)43-24-20-39(21-25-43)41-28-34-46(35-29-41)62-54-16-8-4-12-50(54)51-13-5-9-17-55(51)62/h2-37H,1H3,(H,59,60). The summed E-state index contributed by atoms with van der Waals surface area (Å²) in [7, 11) is 1.69. The molecule has 1 N–H and O–H groups in total. The second-order valence-electron chi connectivity index (χ2n) is 16.0. The number of hydrogen-bond acceptors (Lipinski definition) is 2. The molecule has 0 aliphatic carbocycles. The van der Waals surface area contributed by atoms with Crippen LogP contribution in [0.3, 0.4) is 0 Å². The van der Waals surface area contributed by atoms with E-state index < -0.39 is 0 Å². The molecule has 0 saturated carbocycles. The number of hydrogen-bond donors (Lipinski definition) is 1. The minimum absolute atomic E-state index is 0.803. The third-order valence-electron chi connectivity index (χ3n) is 12.5. The summed E-state index contributed by atoms with van der Waals surface area (Å²) in [5, 5.41) is 5.05. The maximum atomic E-state index is 5.45. The van der Waals surface area contributed by atoms with Crippen molar-refractivity contribution in [2.45, 2.75) is 0 Å². The van der Waals surface area contributed by atoms with Gasteiger partial charge >= 0.3 is 0 Å². The van der Waals surface area contributed by atoms with Gasteiger partial charge in [-0.25, -0.2) is 4.98 Å². The first kappa shape index (κ1) is 36.4. The molecule has 5 nitrogen and oxygen atoms in total. The number of benzene rings is 9. The Kier molecular flexibility index (Phi) is 8.64. The summed E-state index contributed by atoms with van der Waals surface area (Å²) in [5.74, 6) is 1.61. The van der Waals surface area contributed by atoms with Crippen molar-refractivity contribution in [1.29, 1.82) is 0 Å². The molecule has 0 aliphatic rings. The lowest BCUT2D eigenvalue weighted by atomic mass is 9.99. The number of aromatic nitrogens is 4. The fourth-order valence-electron chi connectivity index (χ4n) is 9.33. The molecule has 0 unspecified atom stereocenters. The van der Waals surface area contributed by atoms with Crippen LogP contribution < -0.4 is 4.74 Å². The van der Waals surface area contributed by atoms with Crippen molar-refractivity contribution in [1.82, 2.24) is 19.1 Å². The number of fused-ring (bicyclic) bond motifs is 6. The monoisotopic (exact) mass is 808 g/mol. The van der Waals surface area contributed by atoms with Crippen molar-refractivity contribution in [3.05, 3.63) is 218 Å². The second kappa shape index (κ2) is 14.9. The highest BCUT2D eigenvalue weighted by atomic mass is 16.5. The summed E-state index contributed by atoms with van der Waals surface area (Å²) in [5.41, 5.74) is 16.7. The normalized spacial score (nSPS) is 11.6. The maximum Gasteiger partial charge on any atom is 0.138 e. The van der Waals surface area contributed by atoms with Crippen LogP contribution in [0, 0.1) is 0 Å². The Morgan fingerprint density at radius 2 is 0.683 bits per heavy atom. The number of nitrogens with one attached hydrogen (secondary N) is 1. The molecule has 9 aromatic carbocycles. The maximum absolute atomic E-state index is 5.45. The Hall–Kier alpha value is -8.41. The van der Waals surface area contributed by atoms with Gasteiger partial charge in [-0.2, -0.15) is 0 Å². The van der Waals surface area contributed by atoms with Crippen molar-refractivity contribution in [2.24, 2.45) is 0 Å². The van der Waals surface area contributed by atoms with Crippen LogP contribution in [0.2, 0.25) is 0 Å². The molecule has 12 aromatic rings. The van der Waals surface area contributed by atoms with E-state index in [1.54, 1.807) is 7.11 Å². The van der Waals surface area contributed by atoms with E-state index in [9.17, 15) is 0 Å². The minimum Gasteiger partial charge on any atom is -0.497 e. The SMILES string of the molecule is COc1ccc(-c2nc(-c3ccc(-c4ccc(-n5c6ccccc6c6ccccc65)cc4)cc3)c(-c3ccc(-c4ccc(-n5c6ccccc6c6ccccc65)cc4)cc3)[nH]2)cc1. The van der Waals surface area contributed by atoms with Crippen LogP contribution in [0.5, 0.6) is 5.75 Å². The first-order valence-electron chi connectivity index (χ1n) is 21.3. The molecule has 0 radical (unpaired) electrons. The number of aromatic amines is 1. The van der Waals surface area contributed by atoms with Gasteiger partial charge in [-0.3, -0.25) is 0 Å². The molecule has 3 heterocycles. The lowest BCUT2D eigenvalue weighted by molar-refractivity contribution is 0.415. The molecule has 12 rings (SSSR count). The van der Waals surface area contributed by atoms with Crippen LogP contribution in [0.15, 0.2) is 218 Å². The summed E-state index contributed by atoms with van der Waals surface area (Å²) in [6, 6.07) is 77.9. The number of para-hydroxylation sites is 4. The van der Waals surface area contributed by atoms with Crippen molar-refractivity contribution >= 4 is 43.6 Å². The van der Waals surface area contributed by atoms with Gasteiger partial charge in [0.2, 0.25) is 0 Å². The fourth-order valence-corrected chi connectivity index (χ4v) is 9.33. The predicted molar refractivity (Wildman–Crippen MR) is 261 cm³/mol. The molecule has 0 amide bonds. The Morgan fingerprint density at radius 3 is 1.08 bits per heavy atom. The van der Waals surface area contributed by atoms with Crippen LogP contribution in [-0.2, 0) is 0 Å². The summed E-state index contributed by atoms with van der Waals surface area (Å²) in [6.07, 6.45) is 0. The molecule has 0 fully saturated rings. The molecule has 298 valence electrons. The molecule has 63 heavy (non-hydrogen) atoms. The van der Waals surface area contributed by atoms with Gasteiger partial charge in [-0.05, 0) is 95.1 Å². The van der Waals surface area contributed by atoms with Gasteiger partial charge in [-0.15, -0.1) is 0 Å². The smallest absolute Gasteiger partial charge is 0.138 e. The van der Waals surface area contributed by atoms with Crippen LogP contribution in [-0.4, -0.2) is 26.2 Å². The number of methoxy groups -OCH3 is 1. The van der Waals surface area contributed by atoms with Crippen molar-refractivity contribution in [2.75, 3.05) is 7.11 Å². The second-order valence-corrected chi connectivity index (χ2v) is 16.0. The number of imidazole rings is 1. The molecular weight excluding hydrogens is 769 g/mol. The van der Waals surface area contributed by atoms with E-state index in [0.717, 1.165) is 73.3 Å². The van der Waals surface area contributed by atoms with E-state index in [2.05, 4.69) is 208 Å². The Morgan fingerprint density at radius 1 is 0.349 bits per heavy atom. The van der Waals surface area contributed by atoms with Gasteiger partial charge in [0.25, 0.3) is 0 Å². The molecule has 0 spiro atoms. The number of ether oxygens (including phenoxy) is 1. The number of rotatable bonds is 8. The summed E-state index contributed by atoms with van der Waals surface area (Å²) >= 11 is 0. The number of H-pyrrole nitrogens is 1. The zero-order valence-corrected chi connectivity index (χ0v) is 34.5. The van der Waals surface area contributed by atoms with Crippen LogP contribution >= 0.6 is 0 Å². The Balaban J connectivity index is 0.861. The van der Waals surface area contributed by atoms with Gasteiger partial charge in [-0.1, -0.05) is 146 Å². The van der Waals surface area contributed by atoms with E-state index in [4.69, 9.17) is 9.72 Å². The predicted octanol–water partition coefficient (Wildman–Crippen LogP) is 14.9. The number of nitrogens with zero attached hydrogens (tertiary/aromatic N) is 3. The quantitative estimate of drug-likeness (QED) is 0.166. The largest absolute Gasteiger partial charge is 0.497 e. The Labute approximate surface area is 364 Å². The molecular formula is C58H40N4O. The molecule has 0 atom stereocenters. The molecule has 0 saturated heterocycles. The zero-order chi connectivity index (χ0) is 41.9. The molecule has 0 aliphatic heterocycles. The van der Waals surface area contributed by atoms with Gasteiger partial charge in [0, 0.05) is 49.6 Å². The lowest BCUT2D eigenvalue weighted by Gasteiger charge is -2.10.